The van der Waals surface area contributed by atoms with Crippen molar-refractivity contribution in [3.05, 3.63) is 101 Å². The summed E-state index contributed by atoms with van der Waals surface area (Å²) in [6, 6.07) is 15.5. The second-order valence-electron chi connectivity index (χ2n) is 7.48. The molecule has 2 heterocycles. The summed E-state index contributed by atoms with van der Waals surface area (Å²) in [5.74, 6) is -1.87. The van der Waals surface area contributed by atoms with Gasteiger partial charge in [0.1, 0.15) is 23.5 Å². The Morgan fingerprint density at radius 2 is 1.74 bits per heavy atom. The molecule has 0 spiro atoms. The predicted molar refractivity (Wildman–Crippen MR) is 112 cm³/mol. The summed E-state index contributed by atoms with van der Waals surface area (Å²) in [6.07, 6.45) is 0.545. The average Bonchev–Trinajstić information content (AvgIpc) is 3.15. The van der Waals surface area contributed by atoms with Crippen LogP contribution in [-0.4, -0.2) is 22.5 Å². The third-order valence-electron chi connectivity index (χ3n) is 5.67. The molecule has 1 aliphatic heterocycles. The van der Waals surface area contributed by atoms with Crippen molar-refractivity contribution in [3.8, 4) is 0 Å². The molecule has 5 rings (SSSR count). The molecule has 0 radical (unpaired) electrons. The molecule has 0 saturated carbocycles. The van der Waals surface area contributed by atoms with Crippen molar-refractivity contribution in [2.45, 2.75) is 12.5 Å². The largest absolute Gasteiger partial charge is 0.356 e. The number of para-hydroxylation sites is 1. The summed E-state index contributed by atoms with van der Waals surface area (Å²) in [4.78, 5) is 17.9. The number of hydrogen-bond acceptors (Lipinski definition) is 1. The summed E-state index contributed by atoms with van der Waals surface area (Å²) in [6.45, 7) is 0.288. The fourth-order valence-electron chi connectivity index (χ4n) is 4.26. The van der Waals surface area contributed by atoms with Gasteiger partial charge >= 0.3 is 6.03 Å². The lowest BCUT2D eigenvalue weighted by Crippen LogP contribution is -2.43. The second kappa shape index (κ2) is 7.50. The number of nitrogens with zero attached hydrogens (tertiary/aromatic N) is 1. The van der Waals surface area contributed by atoms with Gasteiger partial charge in [0.25, 0.3) is 0 Å². The number of halogens is 3. The molecule has 4 aromatic rings. The van der Waals surface area contributed by atoms with Gasteiger partial charge in [-0.15, -0.1) is 0 Å². The van der Waals surface area contributed by atoms with Gasteiger partial charge in [-0.05, 0) is 36.2 Å². The number of benzene rings is 3. The van der Waals surface area contributed by atoms with Gasteiger partial charge in [-0.2, -0.15) is 0 Å². The fourth-order valence-corrected chi connectivity index (χ4v) is 4.26. The van der Waals surface area contributed by atoms with Crippen LogP contribution in [0.4, 0.5) is 23.7 Å². The SMILES string of the molecule is O=C(Nc1cc(F)ccc1F)N1CCc2c([nH]c3ccccc23)[C@@H]1c1ccccc1F. The van der Waals surface area contributed by atoms with Gasteiger partial charge < -0.3 is 15.2 Å². The van der Waals surface area contributed by atoms with E-state index >= 15 is 0 Å². The number of amides is 2. The van der Waals surface area contributed by atoms with Crippen LogP contribution in [-0.2, 0) is 6.42 Å². The molecule has 0 unspecified atom stereocenters. The number of urea groups is 1. The van der Waals surface area contributed by atoms with Crippen molar-refractivity contribution >= 4 is 22.6 Å². The Bertz CT molecular complexity index is 1300. The van der Waals surface area contributed by atoms with Crippen molar-refractivity contribution < 1.29 is 18.0 Å². The van der Waals surface area contributed by atoms with E-state index < -0.39 is 29.5 Å². The minimum atomic E-state index is -0.750. The highest BCUT2D eigenvalue weighted by Crippen LogP contribution is 2.39. The van der Waals surface area contributed by atoms with Crippen LogP contribution in [0.15, 0.2) is 66.7 Å². The smallest absolute Gasteiger partial charge is 0.322 e. The topological polar surface area (TPSA) is 48.1 Å². The van der Waals surface area contributed by atoms with Gasteiger partial charge in [-0.1, -0.05) is 36.4 Å². The maximum atomic E-state index is 14.8. The highest BCUT2D eigenvalue weighted by Gasteiger charge is 2.36. The molecule has 4 nitrogen and oxygen atoms in total. The molecule has 156 valence electrons. The van der Waals surface area contributed by atoms with E-state index in [2.05, 4.69) is 10.3 Å². The molecule has 3 aromatic carbocycles. The van der Waals surface area contributed by atoms with E-state index in [4.69, 9.17) is 0 Å². The van der Waals surface area contributed by atoms with Crippen LogP contribution in [0, 0.1) is 17.5 Å². The fraction of sp³-hybridized carbons (Fsp3) is 0.125. The molecule has 0 bridgehead atoms. The molecular weight excluding hydrogens is 403 g/mol. The summed E-state index contributed by atoms with van der Waals surface area (Å²) >= 11 is 0. The minimum Gasteiger partial charge on any atom is -0.356 e. The van der Waals surface area contributed by atoms with E-state index in [9.17, 15) is 18.0 Å². The van der Waals surface area contributed by atoms with Gasteiger partial charge in [-0.3, -0.25) is 0 Å². The van der Waals surface area contributed by atoms with E-state index in [1.54, 1.807) is 18.2 Å². The number of rotatable bonds is 2. The number of H-pyrrole nitrogens is 1. The van der Waals surface area contributed by atoms with Crippen LogP contribution in [0.1, 0.15) is 22.9 Å². The number of hydrogen-bond donors (Lipinski definition) is 2. The van der Waals surface area contributed by atoms with Crippen molar-refractivity contribution in [2.75, 3.05) is 11.9 Å². The first-order valence-electron chi connectivity index (χ1n) is 9.89. The summed E-state index contributed by atoms with van der Waals surface area (Å²) in [7, 11) is 0. The van der Waals surface area contributed by atoms with Crippen LogP contribution < -0.4 is 5.32 Å². The quantitative estimate of drug-likeness (QED) is 0.424. The lowest BCUT2D eigenvalue weighted by Gasteiger charge is -2.36. The Morgan fingerprint density at radius 3 is 2.58 bits per heavy atom. The van der Waals surface area contributed by atoms with Crippen molar-refractivity contribution in [1.29, 1.82) is 0 Å². The number of anilines is 1. The van der Waals surface area contributed by atoms with Crippen LogP contribution in [0.25, 0.3) is 10.9 Å². The van der Waals surface area contributed by atoms with Gasteiger partial charge in [0.05, 0.1) is 5.69 Å². The first-order valence-corrected chi connectivity index (χ1v) is 9.89. The van der Waals surface area contributed by atoms with Crippen molar-refractivity contribution in [1.82, 2.24) is 9.88 Å². The van der Waals surface area contributed by atoms with E-state index in [1.807, 2.05) is 24.3 Å². The summed E-state index contributed by atoms with van der Waals surface area (Å²) in [5.41, 5.74) is 2.69. The van der Waals surface area contributed by atoms with Gasteiger partial charge in [0, 0.05) is 34.8 Å². The Labute approximate surface area is 176 Å². The summed E-state index contributed by atoms with van der Waals surface area (Å²) < 4.78 is 42.5. The molecule has 1 aromatic heterocycles. The van der Waals surface area contributed by atoms with E-state index in [-0.39, 0.29) is 12.2 Å². The number of carbonyl (C=O) groups is 1. The number of fused-ring (bicyclic) bond motifs is 3. The van der Waals surface area contributed by atoms with E-state index in [0.717, 1.165) is 34.7 Å². The lowest BCUT2D eigenvalue weighted by atomic mass is 9.92. The third-order valence-corrected chi connectivity index (χ3v) is 5.67. The second-order valence-corrected chi connectivity index (χ2v) is 7.48. The molecule has 2 N–H and O–H groups in total. The molecule has 1 atom stereocenters. The van der Waals surface area contributed by atoms with Crippen molar-refractivity contribution in [3.63, 3.8) is 0 Å². The monoisotopic (exact) mass is 421 g/mol. The molecule has 0 aliphatic carbocycles. The predicted octanol–water partition coefficient (Wildman–Crippen LogP) is 5.76. The highest BCUT2D eigenvalue weighted by molar-refractivity contribution is 5.91. The maximum Gasteiger partial charge on any atom is 0.322 e. The molecule has 0 saturated heterocycles. The maximum absolute atomic E-state index is 14.8. The Morgan fingerprint density at radius 1 is 0.968 bits per heavy atom. The standard InChI is InChI=1S/C24H18F3N3O/c25-14-9-10-19(27)21(13-14)29-24(31)30-12-11-16-15-5-2-4-8-20(15)28-22(16)23(30)17-6-1-3-7-18(17)26/h1-10,13,23,28H,11-12H2,(H,29,31)/t23-/m0/s1. The van der Waals surface area contributed by atoms with Crippen LogP contribution >= 0.6 is 0 Å². The van der Waals surface area contributed by atoms with Crippen LogP contribution in [0.5, 0.6) is 0 Å². The number of carbonyl (C=O) groups excluding carboxylic acids is 1. The molecule has 0 fully saturated rings. The highest BCUT2D eigenvalue weighted by atomic mass is 19.1. The Balaban J connectivity index is 1.60. The number of nitrogens with one attached hydrogen (secondary N) is 2. The molecular formula is C24H18F3N3O. The van der Waals surface area contributed by atoms with E-state index in [1.165, 1.54) is 11.0 Å². The third kappa shape index (κ3) is 3.32. The van der Waals surface area contributed by atoms with E-state index in [0.29, 0.717) is 17.7 Å². The van der Waals surface area contributed by atoms with Gasteiger partial charge in [0.2, 0.25) is 0 Å². The normalized spacial score (nSPS) is 15.7. The average molecular weight is 421 g/mol. The number of aromatic amines is 1. The molecule has 2 amide bonds. The Hall–Kier alpha value is -3.74. The molecule has 1 aliphatic rings. The molecule has 31 heavy (non-hydrogen) atoms. The zero-order valence-corrected chi connectivity index (χ0v) is 16.3. The summed E-state index contributed by atoms with van der Waals surface area (Å²) in [5, 5.41) is 3.46. The van der Waals surface area contributed by atoms with Crippen LogP contribution in [0.2, 0.25) is 0 Å². The van der Waals surface area contributed by atoms with Gasteiger partial charge in [0.15, 0.2) is 0 Å². The first-order chi connectivity index (χ1) is 15.0. The zero-order valence-electron chi connectivity index (χ0n) is 16.3. The van der Waals surface area contributed by atoms with Gasteiger partial charge in [-0.25, -0.2) is 18.0 Å². The molecule has 7 heteroatoms. The number of aromatic nitrogens is 1. The Kier molecular flexibility index (Phi) is 4.66. The lowest BCUT2D eigenvalue weighted by molar-refractivity contribution is 0.191. The van der Waals surface area contributed by atoms with Crippen molar-refractivity contribution in [2.24, 2.45) is 0 Å². The zero-order chi connectivity index (χ0) is 21.5. The first kappa shape index (κ1) is 19.2. The van der Waals surface area contributed by atoms with Crippen LogP contribution in [0.3, 0.4) is 0 Å². The minimum absolute atomic E-state index is 0.264.